The molecule has 0 unspecified atom stereocenters. The highest BCUT2D eigenvalue weighted by atomic mass is 35.5. The van der Waals surface area contributed by atoms with Crippen LogP contribution in [0.25, 0.3) is 6.08 Å². The highest BCUT2D eigenvalue weighted by Crippen LogP contribution is 2.39. The summed E-state index contributed by atoms with van der Waals surface area (Å²) in [5, 5.41) is 0.412. The van der Waals surface area contributed by atoms with Gasteiger partial charge in [-0.1, -0.05) is 67.6 Å². The third kappa shape index (κ3) is 7.05. The van der Waals surface area contributed by atoms with E-state index < -0.39 is 0 Å². The summed E-state index contributed by atoms with van der Waals surface area (Å²) < 4.78 is 18.4. The van der Waals surface area contributed by atoms with Crippen molar-refractivity contribution in [2.45, 2.75) is 40.0 Å². The Balaban J connectivity index is 1.67. The number of amides is 1. The third-order valence-corrected chi connectivity index (χ3v) is 7.06. The summed E-state index contributed by atoms with van der Waals surface area (Å²) >= 11 is 13.1. The Morgan fingerprint density at radius 3 is 2.58 bits per heavy atom. The smallest absolute Gasteiger partial charge is 0.266 e. The van der Waals surface area contributed by atoms with Crippen molar-refractivity contribution in [3.05, 3.63) is 69.6 Å². The zero-order valence-corrected chi connectivity index (χ0v) is 23.5. The van der Waals surface area contributed by atoms with E-state index in [1.54, 1.807) is 18.2 Å². The molecule has 0 N–H and O–H groups in total. The number of aryl methyl sites for hydroxylation is 1. The Bertz CT molecular complexity index is 1160. The van der Waals surface area contributed by atoms with Gasteiger partial charge >= 0.3 is 0 Å². The molecule has 1 aliphatic rings. The predicted octanol–water partition coefficient (Wildman–Crippen LogP) is 7.41. The topological polar surface area (TPSA) is 48.0 Å². The molecule has 8 heteroatoms. The highest BCUT2D eigenvalue weighted by Gasteiger charge is 2.31. The quantitative estimate of drug-likeness (QED) is 0.120. The van der Waals surface area contributed by atoms with Crippen LogP contribution in [0.5, 0.6) is 17.2 Å². The van der Waals surface area contributed by atoms with E-state index in [0.717, 1.165) is 11.3 Å². The first-order chi connectivity index (χ1) is 17.2. The number of ether oxygens (including phenoxy) is 3. The molecule has 0 aliphatic carbocycles. The molecular formula is C28H32ClNO4S2. The third-order valence-electron chi connectivity index (χ3n) is 5.40. The van der Waals surface area contributed by atoms with Gasteiger partial charge in [-0.15, -0.1) is 6.58 Å². The Kier molecular flexibility index (Phi) is 10.3. The van der Waals surface area contributed by atoms with E-state index in [9.17, 15) is 4.79 Å². The first kappa shape index (κ1) is 28.1. The number of benzene rings is 2. The molecule has 36 heavy (non-hydrogen) atoms. The fraction of sp³-hybridized carbons (Fsp3) is 0.357. The van der Waals surface area contributed by atoms with Crippen molar-refractivity contribution in [3.8, 4) is 17.2 Å². The van der Waals surface area contributed by atoms with Gasteiger partial charge in [0.1, 0.15) is 10.1 Å². The summed E-state index contributed by atoms with van der Waals surface area (Å²) in [4.78, 5) is 14.7. The number of carbonyl (C=O) groups is 1. The molecule has 192 valence electrons. The van der Waals surface area contributed by atoms with E-state index in [1.165, 1.54) is 27.8 Å². The first-order valence-electron chi connectivity index (χ1n) is 11.9. The van der Waals surface area contributed by atoms with E-state index in [2.05, 4.69) is 45.5 Å². The van der Waals surface area contributed by atoms with Gasteiger partial charge in [0.15, 0.2) is 11.5 Å². The minimum Gasteiger partial charge on any atom is -0.493 e. The lowest BCUT2D eigenvalue weighted by atomic mass is 10.0. The zero-order valence-electron chi connectivity index (χ0n) is 21.1. The number of nitrogens with zero attached hydrogens (tertiary/aromatic N) is 1. The molecule has 1 saturated heterocycles. The number of thioether (sulfide) groups is 1. The average Bonchev–Trinajstić information content (AvgIpc) is 3.08. The van der Waals surface area contributed by atoms with Crippen LogP contribution in [-0.4, -0.2) is 41.5 Å². The monoisotopic (exact) mass is 545 g/mol. The van der Waals surface area contributed by atoms with Gasteiger partial charge in [0, 0.05) is 13.0 Å². The number of carbonyl (C=O) groups excluding carboxylic acids is 1. The SMILES string of the molecule is C=CCN1C(=O)C(=Cc2cc(Cl)c(OCCCOc3cc(C)ccc3C(C)C)c(OCC)c2)SC1=S. The molecule has 0 bridgehead atoms. The summed E-state index contributed by atoms with van der Waals surface area (Å²) in [6.45, 7) is 13.7. The molecule has 0 radical (unpaired) electrons. The van der Waals surface area contributed by atoms with Gasteiger partial charge in [0.25, 0.3) is 5.91 Å². The van der Waals surface area contributed by atoms with Crippen molar-refractivity contribution in [1.82, 2.24) is 4.90 Å². The fourth-order valence-electron chi connectivity index (χ4n) is 3.67. The predicted molar refractivity (Wildman–Crippen MR) is 154 cm³/mol. The van der Waals surface area contributed by atoms with E-state index in [-0.39, 0.29) is 5.91 Å². The normalized spacial score (nSPS) is 14.6. The lowest BCUT2D eigenvalue weighted by Crippen LogP contribution is -2.27. The van der Waals surface area contributed by atoms with Crippen LogP contribution in [0.15, 0.2) is 47.9 Å². The van der Waals surface area contributed by atoms with Crippen LogP contribution in [-0.2, 0) is 4.79 Å². The second kappa shape index (κ2) is 13.2. The van der Waals surface area contributed by atoms with Gasteiger partial charge in [-0.3, -0.25) is 9.69 Å². The van der Waals surface area contributed by atoms with Crippen LogP contribution in [0.4, 0.5) is 0 Å². The van der Waals surface area contributed by atoms with Gasteiger partial charge in [0.2, 0.25) is 0 Å². The number of halogens is 1. The zero-order chi connectivity index (χ0) is 26.2. The van der Waals surface area contributed by atoms with E-state index in [4.69, 9.17) is 38.0 Å². The number of rotatable bonds is 12. The molecule has 0 saturated carbocycles. The molecule has 0 atom stereocenters. The molecule has 2 aromatic carbocycles. The summed E-state index contributed by atoms with van der Waals surface area (Å²) in [5.74, 6) is 2.17. The Hall–Kier alpha value is -2.48. The van der Waals surface area contributed by atoms with Crippen molar-refractivity contribution in [2.75, 3.05) is 26.4 Å². The van der Waals surface area contributed by atoms with Gasteiger partial charge in [-0.05, 0) is 60.7 Å². The highest BCUT2D eigenvalue weighted by molar-refractivity contribution is 8.26. The van der Waals surface area contributed by atoms with Gasteiger partial charge < -0.3 is 14.2 Å². The number of hydrogen-bond acceptors (Lipinski definition) is 6. The molecule has 1 amide bonds. The van der Waals surface area contributed by atoms with Crippen LogP contribution >= 0.6 is 35.6 Å². The summed E-state index contributed by atoms with van der Waals surface area (Å²) in [6, 6.07) is 9.89. The standard InChI is InChI=1S/C28H32ClNO4S2/c1-6-11-30-27(31)25(36-28(30)35)17-20-15-22(29)26(24(16-20)32-7-2)34-13-8-12-33-23-14-19(5)9-10-21(23)18(3)4/h6,9-10,14-18H,1,7-8,11-13H2,2-5H3. The van der Waals surface area contributed by atoms with Gasteiger partial charge in [-0.2, -0.15) is 0 Å². The van der Waals surface area contributed by atoms with E-state index >= 15 is 0 Å². The van der Waals surface area contributed by atoms with E-state index in [0.29, 0.717) is 64.5 Å². The molecule has 1 fully saturated rings. The maximum atomic E-state index is 12.7. The Labute approximate surface area is 228 Å². The lowest BCUT2D eigenvalue weighted by Gasteiger charge is -2.16. The Morgan fingerprint density at radius 1 is 1.14 bits per heavy atom. The van der Waals surface area contributed by atoms with Gasteiger partial charge in [-0.25, -0.2) is 0 Å². The largest absolute Gasteiger partial charge is 0.493 e. The number of hydrogen-bond donors (Lipinski definition) is 0. The molecule has 5 nitrogen and oxygen atoms in total. The van der Waals surface area contributed by atoms with Gasteiger partial charge in [0.05, 0.1) is 29.7 Å². The molecule has 3 rings (SSSR count). The second-order valence-electron chi connectivity index (χ2n) is 8.59. The van der Waals surface area contributed by atoms with Crippen LogP contribution in [0.3, 0.4) is 0 Å². The summed E-state index contributed by atoms with van der Waals surface area (Å²) in [6.07, 6.45) is 4.10. The van der Waals surface area contributed by atoms with Crippen LogP contribution in [0.1, 0.15) is 49.8 Å². The Morgan fingerprint density at radius 2 is 1.89 bits per heavy atom. The molecular weight excluding hydrogens is 514 g/mol. The average molecular weight is 546 g/mol. The van der Waals surface area contributed by atoms with E-state index in [1.807, 2.05) is 13.0 Å². The summed E-state index contributed by atoms with van der Waals surface area (Å²) in [7, 11) is 0. The van der Waals surface area contributed by atoms with Crippen molar-refractivity contribution in [2.24, 2.45) is 0 Å². The van der Waals surface area contributed by atoms with Crippen LogP contribution in [0, 0.1) is 6.92 Å². The maximum absolute atomic E-state index is 12.7. The number of thiocarbonyl (C=S) groups is 1. The molecule has 1 aliphatic heterocycles. The molecule has 1 heterocycles. The van der Waals surface area contributed by atoms with Crippen LogP contribution in [0.2, 0.25) is 5.02 Å². The molecule has 0 spiro atoms. The molecule has 2 aromatic rings. The van der Waals surface area contributed by atoms with Crippen molar-refractivity contribution in [1.29, 1.82) is 0 Å². The van der Waals surface area contributed by atoms with Crippen molar-refractivity contribution >= 4 is 51.9 Å². The second-order valence-corrected chi connectivity index (χ2v) is 10.7. The molecule has 0 aromatic heterocycles. The fourth-order valence-corrected chi connectivity index (χ4v) is 5.22. The minimum absolute atomic E-state index is 0.145. The van der Waals surface area contributed by atoms with Crippen molar-refractivity contribution in [3.63, 3.8) is 0 Å². The minimum atomic E-state index is -0.145. The maximum Gasteiger partial charge on any atom is 0.266 e. The first-order valence-corrected chi connectivity index (χ1v) is 13.5. The lowest BCUT2D eigenvalue weighted by molar-refractivity contribution is -0.121. The van der Waals surface area contributed by atoms with Crippen LogP contribution < -0.4 is 14.2 Å². The van der Waals surface area contributed by atoms with Crippen molar-refractivity contribution < 1.29 is 19.0 Å². The summed E-state index contributed by atoms with van der Waals surface area (Å²) in [5.41, 5.74) is 3.10.